The van der Waals surface area contributed by atoms with E-state index >= 15 is 0 Å². The third-order valence-electron chi connectivity index (χ3n) is 3.23. The van der Waals surface area contributed by atoms with Crippen molar-refractivity contribution in [3.8, 4) is 0 Å². The van der Waals surface area contributed by atoms with Crippen LogP contribution in [0.3, 0.4) is 0 Å². The summed E-state index contributed by atoms with van der Waals surface area (Å²) in [5.41, 5.74) is -0.845. The SMILES string of the molecule is O=c1[nH]c(=S)ccn1[C@@H]1O[C@H](COP(=O)(O)OP(=O)(O)OP(=O)(O)O)[C@@H](F)[C@H]1O. The smallest absolute Gasteiger partial charge is 0.385 e. The number of aromatic amines is 1. The number of nitrogens with one attached hydrogen (secondary N) is 1. The van der Waals surface area contributed by atoms with Gasteiger partial charge in [-0.2, -0.15) is 8.62 Å². The Bertz CT molecular complexity index is 1010. The highest BCUT2D eigenvalue weighted by Crippen LogP contribution is 2.66. The summed E-state index contributed by atoms with van der Waals surface area (Å²) < 4.78 is 64.7. The maximum absolute atomic E-state index is 14.2. The van der Waals surface area contributed by atoms with E-state index in [1.54, 1.807) is 0 Å². The lowest BCUT2D eigenvalue weighted by atomic mass is 10.1. The minimum Gasteiger partial charge on any atom is -0.385 e. The van der Waals surface area contributed by atoms with Crippen molar-refractivity contribution < 1.29 is 60.6 Å². The Morgan fingerprint density at radius 2 is 1.83 bits per heavy atom. The molecule has 0 bridgehead atoms. The fraction of sp³-hybridized carbons (Fsp3) is 0.556. The lowest BCUT2D eigenvalue weighted by Gasteiger charge is -2.18. The number of phosphoric ester groups is 1. The number of phosphoric acid groups is 3. The molecule has 2 unspecified atom stereocenters. The van der Waals surface area contributed by atoms with Crippen molar-refractivity contribution in [1.29, 1.82) is 0 Å². The van der Waals surface area contributed by atoms with Crippen LogP contribution in [0, 0.1) is 4.64 Å². The van der Waals surface area contributed by atoms with Gasteiger partial charge < -0.3 is 29.4 Å². The van der Waals surface area contributed by atoms with Gasteiger partial charge in [0, 0.05) is 6.20 Å². The van der Waals surface area contributed by atoms with Crippen molar-refractivity contribution >= 4 is 35.7 Å². The van der Waals surface area contributed by atoms with Crippen molar-refractivity contribution in [3.05, 3.63) is 27.4 Å². The first-order chi connectivity index (χ1) is 13.1. The normalized spacial score (nSPS) is 29.3. The molecule has 1 aliphatic rings. The van der Waals surface area contributed by atoms with Crippen molar-refractivity contribution in [2.24, 2.45) is 0 Å². The van der Waals surface area contributed by atoms with Gasteiger partial charge in [0.2, 0.25) is 0 Å². The van der Waals surface area contributed by atoms with Crippen LogP contribution < -0.4 is 5.69 Å². The Labute approximate surface area is 165 Å². The summed E-state index contributed by atoms with van der Waals surface area (Å²) in [4.78, 5) is 49.3. The first-order valence-electron chi connectivity index (χ1n) is 7.18. The molecule has 1 saturated heterocycles. The van der Waals surface area contributed by atoms with Crippen LogP contribution in [0.5, 0.6) is 0 Å². The van der Waals surface area contributed by atoms with Crippen LogP contribution in [0.4, 0.5) is 4.39 Å². The van der Waals surface area contributed by atoms with Gasteiger partial charge in [-0.15, -0.1) is 0 Å². The van der Waals surface area contributed by atoms with Crippen molar-refractivity contribution in [1.82, 2.24) is 9.55 Å². The van der Waals surface area contributed by atoms with Gasteiger partial charge in [-0.25, -0.2) is 22.9 Å². The third-order valence-corrected chi connectivity index (χ3v) is 7.27. The zero-order chi connectivity index (χ0) is 22.2. The molecule has 1 aromatic rings. The van der Waals surface area contributed by atoms with Gasteiger partial charge in [-0.3, -0.25) is 14.1 Å². The summed E-state index contributed by atoms with van der Waals surface area (Å²) in [5.74, 6) is 0. The highest BCUT2D eigenvalue weighted by molar-refractivity contribution is 7.71. The van der Waals surface area contributed by atoms with E-state index in [-0.39, 0.29) is 4.64 Å². The number of H-pyrrole nitrogens is 1. The zero-order valence-corrected chi connectivity index (χ0v) is 17.2. The average molecular weight is 502 g/mol. The number of aliphatic hydroxyl groups excluding tert-OH is 1. The van der Waals surface area contributed by atoms with E-state index in [1.807, 2.05) is 0 Å². The van der Waals surface area contributed by atoms with Crippen LogP contribution in [0.15, 0.2) is 17.1 Å². The third kappa shape index (κ3) is 6.94. The second-order valence-electron chi connectivity index (χ2n) is 5.40. The predicted octanol–water partition coefficient (Wildman–Crippen LogP) is -0.154. The van der Waals surface area contributed by atoms with E-state index in [0.29, 0.717) is 0 Å². The molecule has 1 fully saturated rings. The van der Waals surface area contributed by atoms with Crippen LogP contribution in [0.1, 0.15) is 6.23 Å². The number of nitrogens with zero attached hydrogens (tertiary/aromatic N) is 1. The number of ether oxygens (including phenoxy) is 1. The van der Waals surface area contributed by atoms with Gasteiger partial charge in [0.15, 0.2) is 12.4 Å². The molecule has 0 saturated carbocycles. The number of hydrogen-bond donors (Lipinski definition) is 6. The Hall–Kier alpha value is -0.640. The topological polar surface area (TPSA) is 227 Å². The quantitative estimate of drug-likeness (QED) is 0.201. The van der Waals surface area contributed by atoms with Gasteiger partial charge >= 0.3 is 29.2 Å². The lowest BCUT2D eigenvalue weighted by molar-refractivity contribution is -0.0530. The molecule has 6 atom stereocenters. The van der Waals surface area contributed by atoms with Gasteiger partial charge in [-0.05, 0) is 6.07 Å². The predicted molar refractivity (Wildman–Crippen MR) is 90.5 cm³/mol. The summed E-state index contributed by atoms with van der Waals surface area (Å²) in [5, 5.41) is 9.91. The summed E-state index contributed by atoms with van der Waals surface area (Å²) in [6.45, 7) is -1.13. The van der Waals surface area contributed by atoms with Gasteiger partial charge in [0.1, 0.15) is 16.8 Å². The second-order valence-corrected chi connectivity index (χ2v) is 10.3. The van der Waals surface area contributed by atoms with Crippen molar-refractivity contribution in [3.63, 3.8) is 0 Å². The molecular formula is C9H14FN2O13P3S. The van der Waals surface area contributed by atoms with E-state index < -0.39 is 60.4 Å². The van der Waals surface area contributed by atoms with E-state index in [1.165, 1.54) is 6.07 Å². The summed E-state index contributed by atoms with van der Waals surface area (Å²) in [6.07, 6.45) is -6.35. The van der Waals surface area contributed by atoms with E-state index in [2.05, 4.69) is 18.1 Å². The van der Waals surface area contributed by atoms with Crippen LogP contribution in [-0.4, -0.2) is 59.2 Å². The molecule has 2 heterocycles. The molecule has 2 rings (SSSR count). The van der Waals surface area contributed by atoms with E-state index in [9.17, 15) is 32.9 Å². The molecule has 15 nitrogen and oxygen atoms in total. The number of alkyl halides is 1. The summed E-state index contributed by atoms with van der Waals surface area (Å²) in [7, 11) is -16.8. The Morgan fingerprint density at radius 3 is 2.38 bits per heavy atom. The molecular weight excluding hydrogens is 488 g/mol. The molecule has 0 amide bonds. The van der Waals surface area contributed by atoms with Gasteiger partial charge in [0.05, 0.1) is 6.61 Å². The van der Waals surface area contributed by atoms with Gasteiger partial charge in [0.25, 0.3) is 0 Å². The highest BCUT2D eigenvalue weighted by Gasteiger charge is 2.47. The maximum Gasteiger partial charge on any atom is 0.490 e. The summed E-state index contributed by atoms with van der Waals surface area (Å²) in [6, 6.07) is 1.25. The molecule has 1 aromatic heterocycles. The molecule has 0 spiro atoms. The number of rotatable bonds is 8. The Kier molecular flexibility index (Phi) is 7.51. The largest absolute Gasteiger partial charge is 0.490 e. The molecule has 0 aliphatic carbocycles. The van der Waals surface area contributed by atoms with Crippen LogP contribution in [0.25, 0.3) is 0 Å². The fourth-order valence-electron chi connectivity index (χ4n) is 2.17. The number of halogens is 1. The first-order valence-corrected chi connectivity index (χ1v) is 12.1. The number of aromatic nitrogens is 2. The number of aliphatic hydroxyl groups is 1. The molecule has 0 radical (unpaired) electrons. The van der Waals surface area contributed by atoms with Crippen molar-refractivity contribution in [2.45, 2.75) is 24.6 Å². The molecule has 29 heavy (non-hydrogen) atoms. The molecule has 6 N–H and O–H groups in total. The Morgan fingerprint density at radius 1 is 1.21 bits per heavy atom. The minimum absolute atomic E-state index is 0.0553. The minimum atomic E-state index is -5.74. The van der Waals surface area contributed by atoms with Crippen molar-refractivity contribution in [2.75, 3.05) is 6.61 Å². The maximum atomic E-state index is 14.2. The number of hydrogen-bond acceptors (Lipinski definition) is 10. The van der Waals surface area contributed by atoms with E-state index in [0.717, 1.165) is 10.8 Å². The average Bonchev–Trinajstić information content (AvgIpc) is 2.78. The fourth-order valence-corrected chi connectivity index (χ4v) is 5.35. The molecule has 20 heteroatoms. The zero-order valence-electron chi connectivity index (χ0n) is 13.7. The standard InChI is InChI=1S/C9H14FN2O13P3S/c10-6-4(3-22-27(18,19)25-28(20,21)24-26(15,16)17)23-8(7(6)13)12-2-1-5(29)11-9(12)14/h1-2,4,6-8,13H,3H2,(H,18,19)(H,20,21)(H,11,14,29)(H2,15,16,17)/t4-,6-,7-,8-/m1/s1. The second kappa shape index (κ2) is 8.85. The molecule has 1 aliphatic heterocycles. The van der Waals surface area contributed by atoms with Crippen LogP contribution in [0.2, 0.25) is 0 Å². The summed E-state index contributed by atoms with van der Waals surface area (Å²) >= 11 is 4.73. The molecule has 0 aromatic carbocycles. The molecule has 166 valence electrons. The highest BCUT2D eigenvalue weighted by atomic mass is 32.1. The first kappa shape index (κ1) is 24.6. The Balaban J connectivity index is 2.06. The van der Waals surface area contributed by atoms with Crippen LogP contribution >= 0.6 is 35.7 Å². The van der Waals surface area contributed by atoms with Crippen LogP contribution in [-0.2, 0) is 31.6 Å². The van der Waals surface area contributed by atoms with Gasteiger partial charge in [-0.1, -0.05) is 12.2 Å². The monoisotopic (exact) mass is 502 g/mol. The van der Waals surface area contributed by atoms with E-state index in [4.69, 9.17) is 31.6 Å². The lowest BCUT2D eigenvalue weighted by Crippen LogP contribution is -2.34.